The summed E-state index contributed by atoms with van der Waals surface area (Å²) in [5, 5.41) is 28.9. The molecular weight excluding hydrogens is 432 g/mol. The number of nitrogens with one attached hydrogen (secondary N) is 1. The number of hydrazone groups is 1. The van der Waals surface area contributed by atoms with E-state index in [-0.39, 0.29) is 35.6 Å². The number of phenolic OH excluding ortho intramolecular Hbond substituents is 1. The Morgan fingerprint density at radius 3 is 2.70 bits per heavy atom. The van der Waals surface area contributed by atoms with E-state index in [1.54, 1.807) is 37.3 Å². The standard InChI is InChI=1S/C20H16N8O5/c1-10(11-2-5-13(29)6-3-11)22-24-20(30)16-17(12-4-7-14-15(8-12)32-9-31-14)28(27-23-16)19-18(21)25-33-26-19/h2-8,29H,9H2,1H3,(H2,21,25)(H,24,30). The fourth-order valence-electron chi connectivity index (χ4n) is 3.18. The fourth-order valence-corrected chi connectivity index (χ4v) is 3.18. The summed E-state index contributed by atoms with van der Waals surface area (Å²) in [6.07, 6.45) is 0. The Labute approximate surface area is 185 Å². The monoisotopic (exact) mass is 448 g/mol. The zero-order chi connectivity index (χ0) is 22.9. The van der Waals surface area contributed by atoms with E-state index < -0.39 is 5.91 Å². The Morgan fingerprint density at radius 1 is 1.15 bits per heavy atom. The Balaban J connectivity index is 1.53. The lowest BCUT2D eigenvalue weighted by Crippen LogP contribution is -2.21. The first-order valence-electron chi connectivity index (χ1n) is 9.59. The molecule has 13 nitrogen and oxygen atoms in total. The van der Waals surface area contributed by atoms with Gasteiger partial charge in [-0.15, -0.1) is 5.10 Å². The number of hydrogen-bond acceptors (Lipinski definition) is 11. The maximum atomic E-state index is 13.0. The van der Waals surface area contributed by atoms with Gasteiger partial charge in [-0.2, -0.15) is 9.78 Å². The highest BCUT2D eigenvalue weighted by atomic mass is 16.7. The third-order valence-electron chi connectivity index (χ3n) is 4.84. The molecule has 1 aliphatic heterocycles. The number of anilines is 1. The van der Waals surface area contributed by atoms with E-state index in [1.807, 2.05) is 0 Å². The van der Waals surface area contributed by atoms with E-state index in [0.717, 1.165) is 0 Å². The highest BCUT2D eigenvalue weighted by Crippen LogP contribution is 2.37. The van der Waals surface area contributed by atoms with E-state index >= 15 is 0 Å². The van der Waals surface area contributed by atoms with Crippen LogP contribution in [0.15, 0.2) is 52.2 Å². The number of fused-ring (bicyclic) bond motifs is 1. The lowest BCUT2D eigenvalue weighted by molar-refractivity contribution is 0.0950. The fraction of sp³-hybridized carbons (Fsp3) is 0.100. The molecule has 4 N–H and O–H groups in total. The number of nitrogens with zero attached hydrogens (tertiary/aromatic N) is 6. The minimum absolute atomic E-state index is 0.0324. The lowest BCUT2D eigenvalue weighted by Gasteiger charge is -2.07. The van der Waals surface area contributed by atoms with Gasteiger partial charge in [0.1, 0.15) is 11.4 Å². The molecule has 0 fully saturated rings. The molecule has 0 spiro atoms. The second kappa shape index (κ2) is 7.96. The molecule has 13 heteroatoms. The van der Waals surface area contributed by atoms with Crippen molar-refractivity contribution < 1.29 is 24.0 Å². The van der Waals surface area contributed by atoms with E-state index in [9.17, 15) is 9.90 Å². The summed E-state index contributed by atoms with van der Waals surface area (Å²) in [6, 6.07) is 11.5. The van der Waals surface area contributed by atoms with Gasteiger partial charge >= 0.3 is 0 Å². The molecule has 2 aromatic heterocycles. The van der Waals surface area contributed by atoms with Crippen LogP contribution in [0.4, 0.5) is 5.82 Å². The van der Waals surface area contributed by atoms with Gasteiger partial charge in [0, 0.05) is 5.56 Å². The number of benzene rings is 2. The number of nitrogen functional groups attached to an aromatic ring is 1. The van der Waals surface area contributed by atoms with Crippen LogP contribution in [0, 0.1) is 0 Å². The summed E-state index contributed by atoms with van der Waals surface area (Å²) in [4.78, 5) is 13.0. The van der Waals surface area contributed by atoms with E-state index in [4.69, 9.17) is 15.2 Å². The smallest absolute Gasteiger partial charge is 0.294 e. The van der Waals surface area contributed by atoms with Gasteiger partial charge in [-0.1, -0.05) is 5.21 Å². The molecule has 0 aliphatic carbocycles. The van der Waals surface area contributed by atoms with Gasteiger partial charge in [-0.3, -0.25) is 4.79 Å². The predicted molar refractivity (Wildman–Crippen MR) is 113 cm³/mol. The molecule has 5 rings (SSSR count). The molecule has 0 bridgehead atoms. The molecule has 1 amide bonds. The number of phenols is 1. The molecule has 0 unspecified atom stereocenters. The zero-order valence-corrected chi connectivity index (χ0v) is 17.1. The van der Waals surface area contributed by atoms with E-state index in [0.29, 0.717) is 28.3 Å². The van der Waals surface area contributed by atoms with Crippen molar-refractivity contribution in [3.63, 3.8) is 0 Å². The zero-order valence-electron chi connectivity index (χ0n) is 17.1. The van der Waals surface area contributed by atoms with Gasteiger partial charge in [0.15, 0.2) is 17.2 Å². The molecule has 0 radical (unpaired) electrons. The third kappa shape index (κ3) is 3.67. The van der Waals surface area contributed by atoms with E-state index in [2.05, 4.69) is 35.8 Å². The molecule has 3 heterocycles. The van der Waals surface area contributed by atoms with Crippen LogP contribution in [-0.2, 0) is 0 Å². The highest BCUT2D eigenvalue weighted by Gasteiger charge is 2.26. The average Bonchev–Trinajstić information content (AvgIpc) is 3.56. The van der Waals surface area contributed by atoms with Gasteiger partial charge in [0.25, 0.3) is 5.91 Å². The van der Waals surface area contributed by atoms with Crippen molar-refractivity contribution >= 4 is 17.4 Å². The Kier molecular flexibility index (Phi) is 4.82. The van der Waals surface area contributed by atoms with Gasteiger partial charge in [0.05, 0.1) is 5.71 Å². The maximum absolute atomic E-state index is 13.0. The number of nitrogens with two attached hydrogens (primary N) is 1. The summed E-state index contributed by atoms with van der Waals surface area (Å²) in [5.74, 6) is 0.608. The van der Waals surface area contributed by atoms with Crippen molar-refractivity contribution in [2.75, 3.05) is 12.5 Å². The van der Waals surface area contributed by atoms with Crippen molar-refractivity contribution in [3.8, 4) is 34.3 Å². The van der Waals surface area contributed by atoms with Crippen LogP contribution in [0.3, 0.4) is 0 Å². The van der Waals surface area contributed by atoms with Crippen molar-refractivity contribution in [1.82, 2.24) is 30.7 Å². The molecule has 33 heavy (non-hydrogen) atoms. The molecular formula is C20H16N8O5. The lowest BCUT2D eigenvalue weighted by atomic mass is 10.1. The first-order chi connectivity index (χ1) is 16.0. The van der Waals surface area contributed by atoms with Crippen LogP contribution in [0.1, 0.15) is 23.0 Å². The summed E-state index contributed by atoms with van der Waals surface area (Å²) in [7, 11) is 0. The number of carbonyl (C=O) groups excluding carboxylic acids is 1. The summed E-state index contributed by atoms with van der Waals surface area (Å²) in [5.41, 5.74) is 10.3. The van der Waals surface area contributed by atoms with Crippen LogP contribution in [0.5, 0.6) is 17.2 Å². The first-order valence-corrected chi connectivity index (χ1v) is 9.59. The molecule has 4 aromatic rings. The minimum atomic E-state index is -0.623. The van der Waals surface area contributed by atoms with Crippen LogP contribution < -0.4 is 20.6 Å². The topological polar surface area (TPSA) is 176 Å². The molecule has 166 valence electrons. The van der Waals surface area contributed by atoms with E-state index in [1.165, 1.54) is 16.8 Å². The number of aromatic hydroxyl groups is 1. The SMILES string of the molecule is CC(=NNC(=O)c1nnn(-c2nonc2N)c1-c1ccc2c(c1)OCO2)c1ccc(O)cc1. The number of ether oxygens (including phenoxy) is 2. The highest BCUT2D eigenvalue weighted by molar-refractivity contribution is 6.02. The summed E-state index contributed by atoms with van der Waals surface area (Å²) >= 11 is 0. The minimum Gasteiger partial charge on any atom is -0.508 e. The van der Waals surface area contributed by atoms with Gasteiger partial charge < -0.3 is 20.3 Å². The number of hydrogen-bond donors (Lipinski definition) is 3. The second-order valence-electron chi connectivity index (χ2n) is 6.92. The van der Waals surface area contributed by atoms with Crippen molar-refractivity contribution in [3.05, 3.63) is 53.7 Å². The third-order valence-corrected chi connectivity index (χ3v) is 4.84. The Hall–Kier alpha value is -4.94. The molecule has 1 aliphatic rings. The number of amides is 1. The maximum Gasteiger partial charge on any atom is 0.294 e. The molecule has 0 saturated carbocycles. The number of rotatable bonds is 5. The quantitative estimate of drug-likeness (QED) is 0.299. The first kappa shape index (κ1) is 20.0. The number of carbonyl (C=O) groups is 1. The molecule has 2 aromatic carbocycles. The summed E-state index contributed by atoms with van der Waals surface area (Å²) < 4.78 is 16.7. The predicted octanol–water partition coefficient (Wildman–Crippen LogP) is 1.49. The Bertz CT molecular complexity index is 1380. The van der Waals surface area contributed by atoms with Gasteiger partial charge in [-0.25, -0.2) is 10.1 Å². The van der Waals surface area contributed by atoms with Gasteiger partial charge in [0.2, 0.25) is 18.4 Å². The molecule has 0 atom stereocenters. The largest absolute Gasteiger partial charge is 0.508 e. The molecule has 0 saturated heterocycles. The normalized spacial score (nSPS) is 12.7. The van der Waals surface area contributed by atoms with Crippen molar-refractivity contribution in [2.24, 2.45) is 5.10 Å². The average molecular weight is 448 g/mol. The van der Waals surface area contributed by atoms with Gasteiger partial charge in [-0.05, 0) is 65.3 Å². The summed E-state index contributed by atoms with van der Waals surface area (Å²) in [6.45, 7) is 1.80. The van der Waals surface area contributed by atoms with Crippen LogP contribution in [0.25, 0.3) is 17.1 Å². The van der Waals surface area contributed by atoms with Crippen LogP contribution in [0.2, 0.25) is 0 Å². The Morgan fingerprint density at radius 2 is 1.94 bits per heavy atom. The second-order valence-corrected chi connectivity index (χ2v) is 6.92. The van der Waals surface area contributed by atoms with Crippen LogP contribution >= 0.6 is 0 Å². The van der Waals surface area contributed by atoms with Crippen molar-refractivity contribution in [1.29, 1.82) is 0 Å². The van der Waals surface area contributed by atoms with Crippen molar-refractivity contribution in [2.45, 2.75) is 6.92 Å². The van der Waals surface area contributed by atoms with Crippen LogP contribution in [-0.4, -0.2) is 48.8 Å². The number of aromatic nitrogens is 5.